The maximum atomic E-state index is 14.1. The molecule has 10 heteroatoms. The third kappa shape index (κ3) is 4.87. The van der Waals surface area contributed by atoms with Crippen LogP contribution in [0, 0.1) is 18.3 Å². The number of para-hydroxylation sites is 1. The van der Waals surface area contributed by atoms with E-state index in [0.717, 1.165) is 11.3 Å². The van der Waals surface area contributed by atoms with Gasteiger partial charge in [-0.05, 0) is 55.7 Å². The van der Waals surface area contributed by atoms with Crippen molar-refractivity contribution in [3.8, 4) is 28.8 Å². The highest BCUT2D eigenvalue weighted by molar-refractivity contribution is 5.93. The van der Waals surface area contributed by atoms with Crippen LogP contribution in [0.3, 0.4) is 0 Å². The fourth-order valence-corrected chi connectivity index (χ4v) is 5.57. The molecule has 4 heterocycles. The van der Waals surface area contributed by atoms with Gasteiger partial charge in [-0.25, -0.2) is 14.3 Å². The largest absolute Gasteiger partial charge is 0.496 e. The van der Waals surface area contributed by atoms with Crippen LogP contribution in [0.1, 0.15) is 43.5 Å². The minimum absolute atomic E-state index is 0.0177. The molecular weight excluding hydrogens is 530 g/mol. The summed E-state index contributed by atoms with van der Waals surface area (Å²) >= 11 is 0. The number of aryl methyl sites for hydroxylation is 1. The average molecular weight is 564 g/mol. The summed E-state index contributed by atoms with van der Waals surface area (Å²) < 4.78 is 7.12. The first-order valence-corrected chi connectivity index (χ1v) is 13.8. The van der Waals surface area contributed by atoms with Crippen molar-refractivity contribution in [2.24, 2.45) is 0 Å². The van der Waals surface area contributed by atoms with E-state index in [9.17, 15) is 14.9 Å². The molecule has 1 unspecified atom stereocenters. The van der Waals surface area contributed by atoms with E-state index >= 15 is 0 Å². The Morgan fingerprint density at radius 1 is 1.21 bits per heavy atom. The van der Waals surface area contributed by atoms with Crippen LogP contribution in [-0.4, -0.2) is 63.1 Å². The van der Waals surface area contributed by atoms with E-state index in [1.807, 2.05) is 56.9 Å². The Morgan fingerprint density at radius 2 is 1.98 bits per heavy atom. The van der Waals surface area contributed by atoms with Crippen molar-refractivity contribution < 1.29 is 9.53 Å². The molecule has 0 spiro atoms. The standard InChI is InChI=1S/C32H33N7O3/c1-7-26(40)37-14-15-38(21(5)18-37)30-24-16-22(17-33)28(23-10-8-9-11-25(23)42-6)35-31(24)39(32(41)36-30)29-20(4)12-13-34-27(29)19(2)3/h7-13,16,19,21H,1,14-15,18H2,2-6H3. The number of anilines is 1. The number of ether oxygens (including phenoxy) is 1. The highest BCUT2D eigenvalue weighted by Crippen LogP contribution is 2.36. The highest BCUT2D eigenvalue weighted by atomic mass is 16.5. The van der Waals surface area contributed by atoms with Crippen LogP contribution in [0.15, 0.2) is 60.0 Å². The van der Waals surface area contributed by atoms with Crippen LogP contribution >= 0.6 is 0 Å². The van der Waals surface area contributed by atoms with Crippen molar-refractivity contribution in [1.82, 2.24) is 24.4 Å². The molecule has 1 atom stereocenters. The Hall–Kier alpha value is -5.04. The van der Waals surface area contributed by atoms with Crippen molar-refractivity contribution in [3.63, 3.8) is 0 Å². The number of rotatable bonds is 6. The number of amides is 1. The number of methoxy groups -OCH3 is 1. The van der Waals surface area contributed by atoms with Crippen LogP contribution in [0.2, 0.25) is 0 Å². The normalized spacial score (nSPS) is 15.1. The Morgan fingerprint density at radius 3 is 2.64 bits per heavy atom. The second-order valence-electron chi connectivity index (χ2n) is 10.7. The van der Waals surface area contributed by atoms with Crippen molar-refractivity contribution >= 4 is 22.8 Å². The molecule has 0 bridgehead atoms. The maximum Gasteiger partial charge on any atom is 0.355 e. The number of hydrogen-bond donors (Lipinski definition) is 0. The van der Waals surface area contributed by atoms with Crippen molar-refractivity contribution in [3.05, 3.63) is 82.6 Å². The summed E-state index contributed by atoms with van der Waals surface area (Å²) in [5.41, 5.74) is 3.42. The molecule has 0 aliphatic carbocycles. The number of pyridine rings is 2. The SMILES string of the molecule is C=CC(=O)N1CCN(c2nc(=O)n(-c3c(C)ccnc3C(C)C)c3nc(-c4ccccc4OC)c(C#N)cc23)C(C)C1. The first-order valence-electron chi connectivity index (χ1n) is 13.8. The minimum Gasteiger partial charge on any atom is -0.496 e. The van der Waals surface area contributed by atoms with E-state index in [1.165, 1.54) is 10.6 Å². The second kappa shape index (κ2) is 11.4. The Labute approximate surface area is 244 Å². The molecule has 1 aromatic carbocycles. The zero-order chi connectivity index (χ0) is 30.1. The fraction of sp³-hybridized carbons (Fsp3) is 0.312. The first kappa shape index (κ1) is 28.5. The molecule has 1 saturated heterocycles. The van der Waals surface area contributed by atoms with Crippen molar-refractivity contribution in [2.45, 2.75) is 39.7 Å². The molecule has 4 aromatic rings. The summed E-state index contributed by atoms with van der Waals surface area (Å²) in [5, 5.41) is 10.8. The zero-order valence-electron chi connectivity index (χ0n) is 24.5. The van der Waals surface area contributed by atoms with Crippen LogP contribution in [0.5, 0.6) is 5.75 Å². The predicted octanol–water partition coefficient (Wildman–Crippen LogP) is 4.38. The molecule has 1 aliphatic rings. The number of piperazine rings is 1. The van der Waals surface area contributed by atoms with Gasteiger partial charge in [0.25, 0.3) is 0 Å². The molecule has 1 fully saturated rings. The van der Waals surface area contributed by atoms with E-state index in [-0.39, 0.29) is 17.9 Å². The van der Waals surface area contributed by atoms with Gasteiger partial charge in [0.1, 0.15) is 17.6 Å². The van der Waals surface area contributed by atoms with Crippen molar-refractivity contribution in [1.29, 1.82) is 5.26 Å². The van der Waals surface area contributed by atoms with Gasteiger partial charge in [0.15, 0.2) is 5.65 Å². The Kier molecular flexibility index (Phi) is 7.77. The lowest BCUT2D eigenvalue weighted by atomic mass is 10.0. The number of carbonyl (C=O) groups excluding carboxylic acids is 1. The molecule has 10 nitrogen and oxygen atoms in total. The molecule has 0 saturated carbocycles. The van der Waals surface area contributed by atoms with E-state index in [0.29, 0.717) is 64.7 Å². The smallest absolute Gasteiger partial charge is 0.355 e. The van der Waals surface area contributed by atoms with Crippen LogP contribution < -0.4 is 15.3 Å². The average Bonchev–Trinajstić information content (AvgIpc) is 2.99. The van der Waals surface area contributed by atoms with Crippen molar-refractivity contribution in [2.75, 3.05) is 31.6 Å². The summed E-state index contributed by atoms with van der Waals surface area (Å²) in [5.74, 6) is 0.857. The fourth-order valence-electron chi connectivity index (χ4n) is 5.57. The number of nitriles is 1. The Balaban J connectivity index is 1.85. The topological polar surface area (TPSA) is 117 Å². The summed E-state index contributed by atoms with van der Waals surface area (Å²) in [4.78, 5) is 44.4. The molecule has 3 aromatic heterocycles. The van der Waals surface area contributed by atoms with E-state index in [4.69, 9.17) is 9.72 Å². The predicted molar refractivity (Wildman–Crippen MR) is 162 cm³/mol. The number of aromatic nitrogens is 4. The van der Waals surface area contributed by atoms with Gasteiger partial charge in [0.2, 0.25) is 5.91 Å². The van der Waals surface area contributed by atoms with E-state index in [1.54, 1.807) is 30.3 Å². The highest BCUT2D eigenvalue weighted by Gasteiger charge is 2.30. The van der Waals surface area contributed by atoms with Gasteiger partial charge in [-0.1, -0.05) is 32.6 Å². The van der Waals surface area contributed by atoms with Crippen LogP contribution in [-0.2, 0) is 4.79 Å². The molecule has 0 N–H and O–H groups in total. The first-order chi connectivity index (χ1) is 20.2. The third-order valence-electron chi connectivity index (χ3n) is 7.64. The monoisotopic (exact) mass is 563 g/mol. The maximum absolute atomic E-state index is 14.1. The van der Waals surface area contributed by atoms with Gasteiger partial charge < -0.3 is 14.5 Å². The van der Waals surface area contributed by atoms with Gasteiger partial charge in [-0.3, -0.25) is 9.78 Å². The molecule has 5 rings (SSSR count). The quantitative estimate of drug-likeness (QED) is 0.317. The molecule has 1 aliphatic heterocycles. The molecular formula is C32H33N7O3. The second-order valence-corrected chi connectivity index (χ2v) is 10.7. The number of fused-ring (bicyclic) bond motifs is 1. The van der Waals surface area contributed by atoms with Gasteiger partial charge >= 0.3 is 5.69 Å². The Bertz CT molecular complexity index is 1800. The lowest BCUT2D eigenvalue weighted by Crippen LogP contribution is -2.54. The van der Waals surface area contributed by atoms with E-state index in [2.05, 4.69) is 22.6 Å². The number of benzene rings is 1. The number of hydrogen-bond acceptors (Lipinski definition) is 8. The molecule has 42 heavy (non-hydrogen) atoms. The third-order valence-corrected chi connectivity index (χ3v) is 7.64. The number of carbonyl (C=O) groups is 1. The number of nitrogens with zero attached hydrogens (tertiary/aromatic N) is 7. The molecule has 214 valence electrons. The minimum atomic E-state index is -0.504. The zero-order valence-corrected chi connectivity index (χ0v) is 24.5. The molecule has 0 radical (unpaired) electrons. The van der Waals surface area contributed by atoms with Gasteiger partial charge in [-0.15, -0.1) is 0 Å². The van der Waals surface area contributed by atoms with Crippen LogP contribution in [0.4, 0.5) is 5.82 Å². The summed E-state index contributed by atoms with van der Waals surface area (Å²) in [7, 11) is 1.57. The summed E-state index contributed by atoms with van der Waals surface area (Å²) in [6.45, 7) is 12.9. The van der Waals surface area contributed by atoms with Gasteiger partial charge in [0, 0.05) is 37.4 Å². The molecule has 1 amide bonds. The lowest BCUT2D eigenvalue weighted by molar-refractivity contribution is -0.126. The van der Waals surface area contributed by atoms with Gasteiger partial charge in [0.05, 0.1) is 35.1 Å². The van der Waals surface area contributed by atoms with E-state index < -0.39 is 5.69 Å². The van der Waals surface area contributed by atoms with Crippen LogP contribution in [0.25, 0.3) is 28.0 Å². The summed E-state index contributed by atoms with van der Waals surface area (Å²) in [6, 6.07) is 13.1. The lowest BCUT2D eigenvalue weighted by Gasteiger charge is -2.40. The van der Waals surface area contributed by atoms with Gasteiger partial charge in [-0.2, -0.15) is 10.2 Å². The summed E-state index contributed by atoms with van der Waals surface area (Å²) in [6.07, 6.45) is 3.04.